The summed E-state index contributed by atoms with van der Waals surface area (Å²) >= 11 is 6.12. The van der Waals surface area contributed by atoms with Gasteiger partial charge < -0.3 is 4.90 Å². The molecule has 17 heavy (non-hydrogen) atoms. The molecule has 1 aromatic rings. The van der Waals surface area contributed by atoms with Gasteiger partial charge in [-0.1, -0.05) is 30.3 Å². The van der Waals surface area contributed by atoms with E-state index >= 15 is 0 Å². The first kappa shape index (κ1) is 12.4. The molecule has 1 aliphatic heterocycles. The van der Waals surface area contributed by atoms with Crippen LogP contribution in [0.3, 0.4) is 0 Å². The van der Waals surface area contributed by atoms with Crippen LogP contribution in [0.15, 0.2) is 30.3 Å². The van der Waals surface area contributed by atoms with E-state index in [4.69, 9.17) is 11.6 Å². The van der Waals surface area contributed by atoms with E-state index < -0.39 is 0 Å². The van der Waals surface area contributed by atoms with Crippen molar-refractivity contribution in [1.29, 1.82) is 0 Å². The Hall–Kier alpha value is -1.02. The highest BCUT2D eigenvalue weighted by molar-refractivity contribution is 6.31. The summed E-state index contributed by atoms with van der Waals surface area (Å²) in [7, 11) is 0. The Labute approximate surface area is 108 Å². The summed E-state index contributed by atoms with van der Waals surface area (Å²) in [5.41, 5.74) is 0.972. The first-order valence-electron chi connectivity index (χ1n) is 5.93. The first-order chi connectivity index (χ1) is 7.91. The number of hydrogen-bond acceptors (Lipinski definition) is 1. The molecule has 1 aromatic carbocycles. The van der Waals surface area contributed by atoms with Gasteiger partial charge in [0.1, 0.15) is 5.38 Å². The summed E-state index contributed by atoms with van der Waals surface area (Å²) in [5, 5.41) is -0.389. The van der Waals surface area contributed by atoms with Crippen molar-refractivity contribution in [1.82, 2.24) is 4.90 Å². The lowest BCUT2D eigenvalue weighted by Crippen LogP contribution is -2.44. The molecule has 0 spiro atoms. The largest absolute Gasteiger partial charge is 0.329 e. The quantitative estimate of drug-likeness (QED) is 0.701. The lowest BCUT2D eigenvalue weighted by molar-refractivity contribution is -0.133. The van der Waals surface area contributed by atoms with Crippen LogP contribution in [0.1, 0.15) is 38.8 Å². The second-order valence-corrected chi connectivity index (χ2v) is 6.04. The zero-order chi connectivity index (χ0) is 12.6. The fraction of sp³-hybridized carbons (Fsp3) is 0.500. The van der Waals surface area contributed by atoms with Crippen molar-refractivity contribution in [2.24, 2.45) is 0 Å². The van der Waals surface area contributed by atoms with Crippen molar-refractivity contribution in [3.05, 3.63) is 35.9 Å². The van der Waals surface area contributed by atoms with E-state index in [-0.39, 0.29) is 22.9 Å². The fourth-order valence-electron chi connectivity index (χ4n) is 2.47. The van der Waals surface area contributed by atoms with Crippen molar-refractivity contribution < 1.29 is 4.79 Å². The molecule has 0 N–H and O–H groups in total. The Kier molecular flexibility index (Phi) is 3.17. The number of alkyl halides is 1. The third-order valence-corrected chi connectivity index (χ3v) is 3.52. The zero-order valence-electron chi connectivity index (χ0n) is 10.5. The van der Waals surface area contributed by atoms with Crippen molar-refractivity contribution in [2.75, 3.05) is 0 Å². The molecule has 92 valence electrons. The molecular weight excluding hydrogens is 234 g/mol. The summed E-state index contributed by atoms with van der Waals surface area (Å²) in [4.78, 5) is 14.0. The highest BCUT2D eigenvalue weighted by atomic mass is 35.5. The molecule has 0 saturated carbocycles. The van der Waals surface area contributed by atoms with Crippen LogP contribution < -0.4 is 0 Å². The Morgan fingerprint density at radius 2 is 1.82 bits per heavy atom. The molecular formula is C14H18ClNO. The van der Waals surface area contributed by atoms with E-state index in [1.165, 1.54) is 5.56 Å². The predicted molar refractivity (Wildman–Crippen MR) is 70.0 cm³/mol. The number of likely N-dealkylation sites (tertiary alicyclic amines) is 1. The highest BCUT2D eigenvalue weighted by Crippen LogP contribution is 2.39. The maximum absolute atomic E-state index is 12.1. The number of benzene rings is 1. The molecule has 0 aliphatic carbocycles. The molecule has 2 nitrogen and oxygen atoms in total. The number of amides is 1. The summed E-state index contributed by atoms with van der Waals surface area (Å²) in [5.74, 6) is 0.0491. The maximum Gasteiger partial charge on any atom is 0.241 e. The Balaban J connectivity index is 2.37. The van der Waals surface area contributed by atoms with Gasteiger partial charge in [0.25, 0.3) is 0 Å². The second-order valence-electron chi connectivity index (χ2n) is 5.51. The average Bonchev–Trinajstić information content (AvgIpc) is 2.56. The van der Waals surface area contributed by atoms with Gasteiger partial charge in [0.15, 0.2) is 0 Å². The molecule has 1 fully saturated rings. The average molecular weight is 252 g/mol. The number of rotatable bonds is 1. The molecule has 1 amide bonds. The minimum Gasteiger partial charge on any atom is -0.329 e. The van der Waals surface area contributed by atoms with Crippen LogP contribution in [0.25, 0.3) is 0 Å². The van der Waals surface area contributed by atoms with E-state index in [0.717, 1.165) is 0 Å². The summed E-state index contributed by atoms with van der Waals surface area (Å²) in [6.45, 7) is 6.15. The van der Waals surface area contributed by atoms with E-state index in [0.29, 0.717) is 6.42 Å². The van der Waals surface area contributed by atoms with Gasteiger partial charge in [-0.2, -0.15) is 0 Å². The lowest BCUT2D eigenvalue weighted by Gasteiger charge is -2.37. The summed E-state index contributed by atoms with van der Waals surface area (Å²) in [6.07, 6.45) is 0.696. The predicted octanol–water partition coefficient (Wildman–Crippen LogP) is 3.37. The molecule has 0 bridgehead atoms. The van der Waals surface area contributed by atoms with Gasteiger partial charge in [-0.3, -0.25) is 4.79 Å². The van der Waals surface area contributed by atoms with Crippen LogP contribution in [0.4, 0.5) is 0 Å². The van der Waals surface area contributed by atoms with Gasteiger partial charge in [-0.25, -0.2) is 0 Å². The molecule has 3 heteroatoms. The Morgan fingerprint density at radius 3 is 2.35 bits per heavy atom. The van der Waals surface area contributed by atoms with Gasteiger partial charge in [-0.15, -0.1) is 11.6 Å². The van der Waals surface area contributed by atoms with Crippen LogP contribution in [-0.4, -0.2) is 21.7 Å². The molecule has 0 radical (unpaired) electrons. The lowest BCUT2D eigenvalue weighted by atomic mass is 9.99. The van der Waals surface area contributed by atoms with Crippen molar-refractivity contribution in [3.63, 3.8) is 0 Å². The van der Waals surface area contributed by atoms with Gasteiger partial charge in [0.2, 0.25) is 5.91 Å². The number of nitrogens with zero attached hydrogens (tertiary/aromatic N) is 1. The van der Waals surface area contributed by atoms with Gasteiger partial charge in [0.05, 0.1) is 6.04 Å². The Bertz CT molecular complexity index is 410. The maximum atomic E-state index is 12.1. The van der Waals surface area contributed by atoms with Crippen LogP contribution >= 0.6 is 11.6 Å². The normalized spacial score (nSPS) is 25.4. The molecule has 0 aromatic heterocycles. The van der Waals surface area contributed by atoms with Gasteiger partial charge >= 0.3 is 0 Å². The molecule has 1 heterocycles. The number of carbonyl (C=O) groups is 1. The zero-order valence-corrected chi connectivity index (χ0v) is 11.2. The monoisotopic (exact) mass is 251 g/mol. The van der Waals surface area contributed by atoms with Crippen molar-refractivity contribution in [3.8, 4) is 0 Å². The van der Waals surface area contributed by atoms with Crippen molar-refractivity contribution >= 4 is 17.5 Å². The summed E-state index contributed by atoms with van der Waals surface area (Å²) in [6, 6.07) is 10.2. The highest BCUT2D eigenvalue weighted by Gasteiger charge is 2.44. The van der Waals surface area contributed by atoms with E-state index in [1.54, 1.807) is 0 Å². The van der Waals surface area contributed by atoms with Crippen molar-refractivity contribution in [2.45, 2.75) is 44.1 Å². The second kappa shape index (κ2) is 4.34. The van der Waals surface area contributed by atoms with E-state index in [2.05, 4.69) is 32.9 Å². The van der Waals surface area contributed by atoms with Crippen LogP contribution in [-0.2, 0) is 4.79 Å². The van der Waals surface area contributed by atoms with Crippen LogP contribution in [0, 0.1) is 0 Å². The number of hydrogen-bond donors (Lipinski definition) is 0. The fourth-order valence-corrected chi connectivity index (χ4v) is 2.74. The number of halogens is 1. The topological polar surface area (TPSA) is 20.3 Å². The van der Waals surface area contributed by atoms with E-state index in [9.17, 15) is 4.79 Å². The van der Waals surface area contributed by atoms with Gasteiger partial charge in [0, 0.05) is 5.54 Å². The van der Waals surface area contributed by atoms with E-state index in [1.807, 2.05) is 23.1 Å². The Morgan fingerprint density at radius 1 is 1.24 bits per heavy atom. The summed E-state index contributed by atoms with van der Waals surface area (Å²) < 4.78 is 0. The molecule has 1 saturated heterocycles. The SMILES string of the molecule is CC(C)(C)N1C(=O)[C@H](Cl)C[C@H]1c1ccccc1. The van der Waals surface area contributed by atoms with Gasteiger partial charge in [-0.05, 0) is 32.8 Å². The number of carbonyl (C=O) groups excluding carboxylic acids is 1. The molecule has 2 atom stereocenters. The smallest absolute Gasteiger partial charge is 0.241 e. The minimum absolute atomic E-state index is 0.0491. The third-order valence-electron chi connectivity index (χ3n) is 3.15. The standard InChI is InChI=1S/C14H18ClNO/c1-14(2,3)16-12(9-11(15)13(16)17)10-7-5-4-6-8-10/h4-8,11-12H,9H2,1-3H3/t11-,12+/m1/s1. The molecule has 0 unspecified atom stereocenters. The first-order valence-corrected chi connectivity index (χ1v) is 6.37. The molecule has 2 rings (SSSR count). The minimum atomic E-state index is -0.389. The third kappa shape index (κ3) is 2.32. The van der Waals surface area contributed by atoms with Crippen LogP contribution in [0.5, 0.6) is 0 Å². The van der Waals surface area contributed by atoms with Crippen LogP contribution in [0.2, 0.25) is 0 Å². The molecule has 1 aliphatic rings.